The van der Waals surface area contributed by atoms with Gasteiger partial charge in [-0.1, -0.05) is 29.8 Å². The van der Waals surface area contributed by atoms with E-state index in [2.05, 4.69) is 9.97 Å². The van der Waals surface area contributed by atoms with Crippen molar-refractivity contribution in [1.82, 2.24) is 19.8 Å². The number of nitrogens with one attached hydrogen (secondary N) is 1. The van der Waals surface area contributed by atoms with Crippen LogP contribution in [0.2, 0.25) is 5.02 Å². The molecule has 7 heteroatoms. The molecule has 2 heterocycles. The third-order valence-electron chi connectivity index (χ3n) is 4.43. The molecule has 1 N–H and O–H groups in total. The van der Waals surface area contributed by atoms with E-state index in [9.17, 15) is 9.18 Å². The number of nitrogens with zero attached hydrogens (tertiary/aromatic N) is 3. The zero-order valence-corrected chi connectivity index (χ0v) is 16.1. The first-order valence-electron chi connectivity index (χ1n) is 8.72. The average Bonchev–Trinajstić information content (AvgIpc) is 3.04. The van der Waals surface area contributed by atoms with Gasteiger partial charge in [0, 0.05) is 43.0 Å². The number of hydrogen-bond donors (Lipinski definition) is 1. The van der Waals surface area contributed by atoms with Gasteiger partial charge in [-0.3, -0.25) is 4.79 Å². The molecule has 3 aromatic rings. The Bertz CT molecular complexity index is 941. The molecule has 0 saturated carbocycles. The van der Waals surface area contributed by atoms with Crippen molar-refractivity contribution in [1.29, 1.82) is 0 Å². The lowest BCUT2D eigenvalue weighted by molar-refractivity contribution is -0.131. The third kappa shape index (κ3) is 4.64. The number of amides is 1. The minimum Gasteiger partial charge on any atom is -0.346 e. The van der Waals surface area contributed by atoms with E-state index in [1.54, 1.807) is 41.6 Å². The van der Waals surface area contributed by atoms with Gasteiger partial charge in [-0.2, -0.15) is 0 Å². The maximum absolute atomic E-state index is 14.1. The highest BCUT2D eigenvalue weighted by molar-refractivity contribution is 6.35. The number of aromatic nitrogens is 2. The molecule has 2 aromatic heterocycles. The molecular formula is C20H22ClFN4O. The summed E-state index contributed by atoms with van der Waals surface area (Å²) in [5.74, 6) is -0.389. The maximum atomic E-state index is 14.1. The summed E-state index contributed by atoms with van der Waals surface area (Å²) in [5.41, 5.74) is 1.94. The topological polar surface area (TPSA) is 52.2 Å². The first-order valence-corrected chi connectivity index (χ1v) is 9.10. The fraction of sp³-hybridized carbons (Fsp3) is 0.300. The summed E-state index contributed by atoms with van der Waals surface area (Å²) in [6.45, 7) is 1.43. The van der Waals surface area contributed by atoms with Gasteiger partial charge in [0.15, 0.2) is 0 Å². The van der Waals surface area contributed by atoms with Gasteiger partial charge in [-0.25, -0.2) is 9.37 Å². The third-order valence-corrected chi connectivity index (χ3v) is 4.75. The second kappa shape index (κ2) is 8.50. The number of benzene rings is 1. The van der Waals surface area contributed by atoms with Gasteiger partial charge in [0.05, 0.1) is 11.4 Å². The highest BCUT2D eigenvalue weighted by atomic mass is 35.5. The van der Waals surface area contributed by atoms with Gasteiger partial charge in [0.25, 0.3) is 0 Å². The number of likely N-dealkylation sites (N-methyl/N-ethyl adjacent to an activating group) is 1. The van der Waals surface area contributed by atoms with Gasteiger partial charge in [0.1, 0.15) is 11.5 Å². The van der Waals surface area contributed by atoms with Crippen LogP contribution >= 0.6 is 11.6 Å². The number of H-pyrrole nitrogens is 1. The van der Waals surface area contributed by atoms with Crippen molar-refractivity contribution in [3.8, 4) is 0 Å². The number of hydrogen-bond acceptors (Lipinski definition) is 3. The van der Waals surface area contributed by atoms with Crippen molar-refractivity contribution in [2.45, 2.75) is 13.0 Å². The molecule has 0 aliphatic rings. The zero-order chi connectivity index (χ0) is 19.4. The quantitative estimate of drug-likeness (QED) is 0.674. The Hall–Kier alpha value is -2.44. The molecule has 0 radical (unpaired) electrons. The second-order valence-corrected chi connectivity index (χ2v) is 7.12. The summed E-state index contributed by atoms with van der Waals surface area (Å²) >= 11 is 6.28. The van der Waals surface area contributed by atoms with Crippen LogP contribution in [-0.4, -0.2) is 52.9 Å². The lowest BCUT2D eigenvalue weighted by atomic mass is 10.1. The van der Waals surface area contributed by atoms with E-state index in [0.717, 1.165) is 10.9 Å². The molecule has 3 rings (SSSR count). The predicted octanol–water partition coefficient (Wildman–Crippen LogP) is 3.49. The Kier molecular flexibility index (Phi) is 6.08. The van der Waals surface area contributed by atoms with Crippen molar-refractivity contribution in [3.63, 3.8) is 0 Å². The maximum Gasteiger partial charge on any atom is 0.227 e. The largest absolute Gasteiger partial charge is 0.346 e. The highest BCUT2D eigenvalue weighted by Gasteiger charge is 2.19. The fourth-order valence-electron chi connectivity index (χ4n) is 2.94. The van der Waals surface area contributed by atoms with E-state index in [-0.39, 0.29) is 24.7 Å². The summed E-state index contributed by atoms with van der Waals surface area (Å²) in [5, 5.41) is 1.31. The summed E-state index contributed by atoms with van der Waals surface area (Å²) < 4.78 is 14.1. The molecule has 0 atom stereocenters. The van der Waals surface area contributed by atoms with Gasteiger partial charge >= 0.3 is 0 Å². The molecule has 0 unspecified atom stereocenters. The standard InChI is InChI=1S/C20H22ClFN4O/c1-25(2)9-10-26(13-14-5-3-4-6-17(14)22)18(27)11-15-12-24-20-19(15)16(21)7-8-23-20/h3-8,12H,9-11,13H2,1-2H3,(H,23,24). The summed E-state index contributed by atoms with van der Waals surface area (Å²) in [6, 6.07) is 8.24. The van der Waals surface area contributed by atoms with Crippen LogP contribution in [0.25, 0.3) is 11.0 Å². The molecule has 0 saturated heterocycles. The highest BCUT2D eigenvalue weighted by Crippen LogP contribution is 2.25. The van der Waals surface area contributed by atoms with Crippen molar-refractivity contribution in [3.05, 3.63) is 64.7 Å². The number of halogens is 2. The molecule has 0 spiro atoms. The van der Waals surface area contributed by atoms with E-state index >= 15 is 0 Å². The van der Waals surface area contributed by atoms with Crippen LogP contribution in [0.15, 0.2) is 42.7 Å². The van der Waals surface area contributed by atoms with Gasteiger partial charge in [-0.15, -0.1) is 0 Å². The molecule has 0 bridgehead atoms. The Labute approximate surface area is 162 Å². The van der Waals surface area contributed by atoms with E-state index in [0.29, 0.717) is 29.3 Å². The van der Waals surface area contributed by atoms with Crippen molar-refractivity contribution in [2.24, 2.45) is 0 Å². The van der Waals surface area contributed by atoms with Crippen molar-refractivity contribution in [2.75, 3.05) is 27.2 Å². The van der Waals surface area contributed by atoms with Crippen LogP contribution in [0.4, 0.5) is 4.39 Å². The molecule has 5 nitrogen and oxygen atoms in total. The number of aromatic amines is 1. The minimum atomic E-state index is -0.306. The van der Waals surface area contributed by atoms with Crippen molar-refractivity contribution >= 4 is 28.5 Å². The number of carbonyl (C=O) groups is 1. The first kappa shape index (κ1) is 19.3. The second-order valence-electron chi connectivity index (χ2n) is 6.72. The van der Waals surface area contributed by atoms with Crippen molar-refractivity contribution < 1.29 is 9.18 Å². The molecule has 1 aromatic carbocycles. The molecule has 0 aliphatic heterocycles. The Balaban J connectivity index is 1.82. The van der Waals surface area contributed by atoms with Crippen LogP contribution in [0.1, 0.15) is 11.1 Å². The van der Waals surface area contributed by atoms with Crippen LogP contribution < -0.4 is 0 Å². The SMILES string of the molecule is CN(C)CCN(Cc1ccccc1F)C(=O)Cc1c[nH]c2nccc(Cl)c12. The summed E-state index contributed by atoms with van der Waals surface area (Å²) in [7, 11) is 3.88. The van der Waals surface area contributed by atoms with Crippen LogP contribution in [0.5, 0.6) is 0 Å². The Morgan fingerprint density at radius 3 is 2.70 bits per heavy atom. The lowest BCUT2D eigenvalue weighted by Gasteiger charge is -2.25. The molecule has 1 amide bonds. The smallest absolute Gasteiger partial charge is 0.227 e. The van der Waals surface area contributed by atoms with E-state index in [4.69, 9.17) is 11.6 Å². The van der Waals surface area contributed by atoms with Crippen LogP contribution in [0.3, 0.4) is 0 Å². The monoisotopic (exact) mass is 388 g/mol. The predicted molar refractivity (Wildman–Crippen MR) is 105 cm³/mol. The average molecular weight is 389 g/mol. The normalized spacial score (nSPS) is 11.3. The Morgan fingerprint density at radius 2 is 1.96 bits per heavy atom. The van der Waals surface area contributed by atoms with Gasteiger partial charge in [0.2, 0.25) is 5.91 Å². The van der Waals surface area contributed by atoms with Crippen LogP contribution in [0, 0.1) is 5.82 Å². The van der Waals surface area contributed by atoms with Gasteiger partial charge < -0.3 is 14.8 Å². The van der Waals surface area contributed by atoms with E-state index in [1.165, 1.54) is 6.07 Å². The molecule has 27 heavy (non-hydrogen) atoms. The van der Waals surface area contributed by atoms with Crippen LogP contribution in [-0.2, 0) is 17.8 Å². The molecule has 0 aliphatic carbocycles. The number of carbonyl (C=O) groups excluding carboxylic acids is 1. The first-order chi connectivity index (χ1) is 13.0. The fourth-order valence-corrected chi connectivity index (χ4v) is 3.21. The lowest BCUT2D eigenvalue weighted by Crippen LogP contribution is -2.37. The van der Waals surface area contributed by atoms with E-state index in [1.807, 2.05) is 19.0 Å². The zero-order valence-electron chi connectivity index (χ0n) is 15.4. The molecular weight excluding hydrogens is 367 g/mol. The summed E-state index contributed by atoms with van der Waals surface area (Å²) in [4.78, 5) is 24.0. The van der Waals surface area contributed by atoms with Gasteiger partial charge in [-0.05, 0) is 31.8 Å². The number of fused-ring (bicyclic) bond motifs is 1. The number of rotatable bonds is 7. The minimum absolute atomic E-state index is 0.0825. The molecule has 142 valence electrons. The number of pyridine rings is 1. The Morgan fingerprint density at radius 1 is 1.19 bits per heavy atom. The molecule has 0 fully saturated rings. The van der Waals surface area contributed by atoms with E-state index < -0.39 is 0 Å². The summed E-state index contributed by atoms with van der Waals surface area (Å²) in [6.07, 6.45) is 3.55.